The number of benzene rings is 1. The number of carboxylic acid groups (broad SMARTS) is 1. The molecule has 0 unspecified atom stereocenters. The second-order valence-electron chi connectivity index (χ2n) is 4.22. The van der Waals surface area contributed by atoms with Crippen molar-refractivity contribution >= 4 is 27.7 Å². The van der Waals surface area contributed by atoms with Gasteiger partial charge in [0.05, 0.1) is 12.0 Å². The maximum Gasteiger partial charge on any atom is 0.308 e. The summed E-state index contributed by atoms with van der Waals surface area (Å²) in [5.74, 6) is -0.769. The Hall–Kier alpha value is -2.15. The molecule has 6 nitrogen and oxygen atoms in total. The van der Waals surface area contributed by atoms with E-state index in [-0.39, 0.29) is 11.4 Å². The number of nitrogens with two attached hydrogens (primary N) is 1. The van der Waals surface area contributed by atoms with E-state index in [9.17, 15) is 9.59 Å². The molecule has 0 fully saturated rings. The van der Waals surface area contributed by atoms with E-state index >= 15 is 0 Å². The summed E-state index contributed by atoms with van der Waals surface area (Å²) in [7, 11) is 0. The molecule has 20 heavy (non-hydrogen) atoms. The number of hydrogen-bond acceptors (Lipinski definition) is 4. The lowest BCUT2D eigenvalue weighted by Gasteiger charge is -2.07. The summed E-state index contributed by atoms with van der Waals surface area (Å²) >= 11 is 3.41. The van der Waals surface area contributed by atoms with E-state index in [2.05, 4.69) is 25.9 Å². The van der Waals surface area contributed by atoms with Crippen LogP contribution < -0.4 is 11.3 Å². The fraction of sp³-hybridized carbons (Fsp3) is 0.154. The molecule has 7 heteroatoms. The van der Waals surface area contributed by atoms with Gasteiger partial charge >= 0.3 is 5.97 Å². The molecule has 0 spiro atoms. The van der Waals surface area contributed by atoms with Crippen LogP contribution in [0, 0.1) is 0 Å². The van der Waals surface area contributed by atoms with Gasteiger partial charge in [0.2, 0.25) is 0 Å². The molecule has 1 heterocycles. The Morgan fingerprint density at radius 3 is 2.70 bits per heavy atom. The zero-order valence-corrected chi connectivity index (χ0v) is 12.0. The number of aromatic amines is 1. The molecule has 0 bridgehead atoms. The Morgan fingerprint density at radius 2 is 2.10 bits per heavy atom. The highest BCUT2D eigenvalue weighted by Crippen LogP contribution is 2.18. The van der Waals surface area contributed by atoms with Crippen LogP contribution in [-0.2, 0) is 17.6 Å². The number of nitrogens with zero attached hydrogens (tertiary/aromatic N) is 1. The minimum atomic E-state index is -1.12. The molecule has 1 aromatic heterocycles. The van der Waals surface area contributed by atoms with Crippen LogP contribution in [0.4, 0.5) is 5.82 Å². The maximum atomic E-state index is 11.8. The number of nitrogens with one attached hydrogen (secondary N) is 1. The number of carbonyl (C=O) groups is 1. The van der Waals surface area contributed by atoms with Crippen molar-refractivity contribution < 1.29 is 9.90 Å². The molecule has 4 N–H and O–H groups in total. The summed E-state index contributed by atoms with van der Waals surface area (Å²) < 4.78 is 0.899. The number of nitrogen functional groups attached to an aromatic ring is 1. The van der Waals surface area contributed by atoms with Crippen molar-refractivity contribution in [1.29, 1.82) is 0 Å². The summed E-state index contributed by atoms with van der Waals surface area (Å²) in [6.07, 6.45) is -0.0440. The molecule has 0 atom stereocenters. The number of aromatic nitrogens is 2. The first kappa shape index (κ1) is 14.3. The highest BCUT2D eigenvalue weighted by molar-refractivity contribution is 9.10. The van der Waals surface area contributed by atoms with E-state index in [0.717, 1.165) is 10.0 Å². The van der Waals surface area contributed by atoms with E-state index < -0.39 is 17.9 Å². The number of aliphatic carboxylic acids is 1. The zero-order chi connectivity index (χ0) is 14.7. The lowest BCUT2D eigenvalue weighted by Crippen LogP contribution is -2.22. The fourth-order valence-electron chi connectivity index (χ4n) is 1.79. The number of carboxylic acids is 1. The van der Waals surface area contributed by atoms with Gasteiger partial charge in [-0.05, 0) is 11.6 Å². The van der Waals surface area contributed by atoms with E-state index in [4.69, 9.17) is 10.8 Å². The van der Waals surface area contributed by atoms with Crippen molar-refractivity contribution in [2.24, 2.45) is 0 Å². The van der Waals surface area contributed by atoms with Gasteiger partial charge in [-0.15, -0.1) is 0 Å². The third-order valence-corrected chi connectivity index (χ3v) is 3.51. The largest absolute Gasteiger partial charge is 0.481 e. The van der Waals surface area contributed by atoms with Crippen LogP contribution in [0.1, 0.15) is 17.0 Å². The summed E-state index contributed by atoms with van der Waals surface area (Å²) in [4.78, 5) is 29.1. The molecular formula is C13H12BrN3O3. The lowest BCUT2D eigenvalue weighted by molar-refractivity contribution is -0.136. The SMILES string of the molecule is Nc1nc(Cc2ccccc2Br)[nH]c(=O)c1CC(=O)O. The average molecular weight is 338 g/mol. The van der Waals surface area contributed by atoms with Crippen molar-refractivity contribution in [2.75, 3.05) is 5.73 Å². The molecule has 0 aliphatic heterocycles. The van der Waals surface area contributed by atoms with Gasteiger partial charge in [-0.2, -0.15) is 0 Å². The molecule has 0 amide bonds. The minimum absolute atomic E-state index is 0.0200. The zero-order valence-electron chi connectivity index (χ0n) is 10.4. The molecule has 0 aliphatic carbocycles. The van der Waals surface area contributed by atoms with Gasteiger partial charge in [-0.25, -0.2) is 4.98 Å². The van der Waals surface area contributed by atoms with Crippen molar-refractivity contribution in [3.05, 3.63) is 56.0 Å². The summed E-state index contributed by atoms with van der Waals surface area (Å²) in [5, 5.41) is 8.71. The van der Waals surface area contributed by atoms with Crippen LogP contribution >= 0.6 is 15.9 Å². The molecule has 0 aliphatic rings. The van der Waals surface area contributed by atoms with Gasteiger partial charge in [0, 0.05) is 10.9 Å². The van der Waals surface area contributed by atoms with Crippen molar-refractivity contribution in [3.63, 3.8) is 0 Å². The summed E-state index contributed by atoms with van der Waals surface area (Å²) in [5.41, 5.74) is 6.07. The van der Waals surface area contributed by atoms with Crippen LogP contribution in [0.3, 0.4) is 0 Å². The van der Waals surface area contributed by atoms with E-state index in [1.54, 1.807) is 0 Å². The highest BCUT2D eigenvalue weighted by atomic mass is 79.9. The topological polar surface area (TPSA) is 109 Å². The van der Waals surface area contributed by atoms with Crippen LogP contribution in [0.25, 0.3) is 0 Å². The number of H-pyrrole nitrogens is 1. The summed E-state index contributed by atoms with van der Waals surface area (Å²) in [6, 6.07) is 7.54. The molecule has 0 saturated carbocycles. The monoisotopic (exact) mass is 337 g/mol. The van der Waals surface area contributed by atoms with E-state index in [1.807, 2.05) is 24.3 Å². The van der Waals surface area contributed by atoms with Crippen LogP contribution in [0.5, 0.6) is 0 Å². The van der Waals surface area contributed by atoms with Gasteiger partial charge in [0.15, 0.2) is 0 Å². The van der Waals surface area contributed by atoms with Crippen molar-refractivity contribution in [2.45, 2.75) is 12.8 Å². The molecule has 0 radical (unpaired) electrons. The minimum Gasteiger partial charge on any atom is -0.481 e. The quantitative estimate of drug-likeness (QED) is 0.779. The highest BCUT2D eigenvalue weighted by Gasteiger charge is 2.13. The Kier molecular flexibility index (Phi) is 4.19. The third kappa shape index (κ3) is 3.24. The predicted molar refractivity (Wildman–Crippen MR) is 77.6 cm³/mol. The number of rotatable bonds is 4. The first-order valence-corrected chi connectivity index (χ1v) is 6.59. The van der Waals surface area contributed by atoms with Crippen molar-refractivity contribution in [3.8, 4) is 0 Å². The standard InChI is InChI=1S/C13H12BrN3O3/c14-9-4-2-1-3-7(9)5-10-16-12(15)8(6-11(18)19)13(20)17-10/h1-4H,5-6H2,(H,18,19)(H3,15,16,17,20). The first-order chi connectivity index (χ1) is 9.47. The van der Waals surface area contributed by atoms with Crippen molar-refractivity contribution in [1.82, 2.24) is 9.97 Å². The number of halogens is 1. The van der Waals surface area contributed by atoms with E-state index in [0.29, 0.717) is 12.2 Å². The van der Waals surface area contributed by atoms with Crippen LogP contribution in [-0.4, -0.2) is 21.0 Å². The van der Waals surface area contributed by atoms with Crippen LogP contribution in [0.15, 0.2) is 33.5 Å². The average Bonchev–Trinajstić information content (AvgIpc) is 2.36. The van der Waals surface area contributed by atoms with E-state index in [1.165, 1.54) is 0 Å². The molecule has 1 aromatic carbocycles. The van der Waals surface area contributed by atoms with Gasteiger partial charge in [0.1, 0.15) is 11.6 Å². The smallest absolute Gasteiger partial charge is 0.308 e. The summed E-state index contributed by atoms with van der Waals surface area (Å²) in [6.45, 7) is 0. The third-order valence-electron chi connectivity index (χ3n) is 2.74. The number of anilines is 1. The molecule has 2 aromatic rings. The first-order valence-electron chi connectivity index (χ1n) is 5.80. The number of hydrogen-bond donors (Lipinski definition) is 3. The van der Waals surface area contributed by atoms with Crippen LogP contribution in [0.2, 0.25) is 0 Å². The second kappa shape index (κ2) is 5.87. The normalized spacial score (nSPS) is 10.4. The maximum absolute atomic E-state index is 11.8. The van der Waals surface area contributed by atoms with Gasteiger partial charge in [-0.1, -0.05) is 34.1 Å². The Morgan fingerprint density at radius 1 is 1.40 bits per heavy atom. The predicted octanol–water partition coefficient (Wildman–Crippen LogP) is 1.33. The molecule has 2 rings (SSSR count). The molecule has 104 valence electrons. The Bertz CT molecular complexity index is 712. The lowest BCUT2D eigenvalue weighted by atomic mass is 10.1. The van der Waals surface area contributed by atoms with Gasteiger partial charge < -0.3 is 15.8 Å². The van der Waals surface area contributed by atoms with Gasteiger partial charge in [-0.3, -0.25) is 9.59 Å². The Balaban J connectivity index is 2.34. The second-order valence-corrected chi connectivity index (χ2v) is 5.07. The fourth-order valence-corrected chi connectivity index (χ4v) is 2.22. The van der Waals surface area contributed by atoms with Gasteiger partial charge in [0.25, 0.3) is 5.56 Å². The Labute approximate surface area is 122 Å². The molecular weight excluding hydrogens is 326 g/mol. The molecule has 0 saturated heterocycles.